The first kappa shape index (κ1) is 15.5. The molecule has 1 aromatic heterocycles. The summed E-state index contributed by atoms with van der Waals surface area (Å²) < 4.78 is 1.99. The van der Waals surface area contributed by atoms with Crippen molar-refractivity contribution in [1.29, 1.82) is 0 Å². The number of aryl methyl sites for hydroxylation is 2. The van der Waals surface area contributed by atoms with Crippen molar-refractivity contribution in [3.05, 3.63) is 23.8 Å². The number of hydrogen-bond donors (Lipinski definition) is 2. The van der Waals surface area contributed by atoms with Crippen molar-refractivity contribution in [2.24, 2.45) is 5.73 Å². The number of nitrogens with two attached hydrogens (primary N) is 1. The summed E-state index contributed by atoms with van der Waals surface area (Å²) >= 11 is 0. The van der Waals surface area contributed by atoms with E-state index in [4.69, 9.17) is 5.73 Å². The molecule has 3 N–H and O–H groups in total. The Morgan fingerprint density at radius 1 is 1.43 bits per heavy atom. The summed E-state index contributed by atoms with van der Waals surface area (Å²) in [4.78, 5) is 16.9. The van der Waals surface area contributed by atoms with Gasteiger partial charge in [-0.1, -0.05) is 19.4 Å². The maximum Gasteiger partial charge on any atom is 0.246 e. The number of rotatable bonds is 5. The molecule has 0 aliphatic heterocycles. The number of nitrogens with zero attached hydrogens (tertiary/aromatic N) is 2. The summed E-state index contributed by atoms with van der Waals surface area (Å²) in [6, 6.07) is 6.10. The summed E-state index contributed by atoms with van der Waals surface area (Å²) in [5.74, 6) is 0.377. The molecule has 0 aliphatic carbocycles. The molecule has 0 aliphatic rings. The minimum Gasteiger partial charge on any atom is -0.318 e. The number of benzene rings is 1. The molecule has 5 nitrogen and oxygen atoms in total. The van der Waals surface area contributed by atoms with Gasteiger partial charge in [-0.2, -0.15) is 0 Å². The lowest BCUT2D eigenvalue weighted by Gasteiger charge is -2.22. The van der Waals surface area contributed by atoms with Crippen LogP contribution in [-0.4, -0.2) is 21.0 Å². The number of fused-ring (bicyclic) bond motifs is 1. The third kappa shape index (κ3) is 3.08. The summed E-state index contributed by atoms with van der Waals surface area (Å²) in [7, 11) is 0. The number of carbonyl (C=O) groups excluding carboxylic acids is 1. The summed E-state index contributed by atoms with van der Waals surface area (Å²) in [6.45, 7) is 8.58. The van der Waals surface area contributed by atoms with E-state index in [0.29, 0.717) is 12.4 Å². The lowest BCUT2D eigenvalue weighted by atomic mass is 9.97. The van der Waals surface area contributed by atoms with E-state index in [9.17, 15) is 4.79 Å². The van der Waals surface area contributed by atoms with Gasteiger partial charge in [0.15, 0.2) is 0 Å². The van der Waals surface area contributed by atoms with Crippen LogP contribution in [0.3, 0.4) is 0 Å². The lowest BCUT2D eigenvalue weighted by Crippen LogP contribution is -2.48. The molecule has 0 radical (unpaired) electrons. The second-order valence-electron chi connectivity index (χ2n) is 5.79. The fourth-order valence-electron chi connectivity index (χ4n) is 2.53. The van der Waals surface area contributed by atoms with Crippen molar-refractivity contribution < 1.29 is 4.79 Å². The number of amides is 1. The standard InChI is InChI=1S/C16H24N4O/c1-5-9-16(4,17)14(21)19-15-18-12-10-11(3)7-8-13(12)20(15)6-2/h7-8,10H,5-6,9,17H2,1-4H3,(H,18,19,21). The number of aromatic nitrogens is 2. The van der Waals surface area contributed by atoms with Gasteiger partial charge in [0.25, 0.3) is 0 Å². The quantitative estimate of drug-likeness (QED) is 0.888. The number of anilines is 1. The molecular weight excluding hydrogens is 264 g/mol. The van der Waals surface area contributed by atoms with Crippen molar-refractivity contribution in [1.82, 2.24) is 9.55 Å². The number of hydrogen-bond acceptors (Lipinski definition) is 3. The Balaban J connectivity index is 2.36. The molecule has 1 amide bonds. The summed E-state index contributed by atoms with van der Waals surface area (Å²) in [6.07, 6.45) is 1.51. The number of imidazole rings is 1. The maximum absolute atomic E-state index is 12.3. The fraction of sp³-hybridized carbons (Fsp3) is 0.500. The van der Waals surface area contributed by atoms with E-state index >= 15 is 0 Å². The minimum atomic E-state index is -0.874. The van der Waals surface area contributed by atoms with Crippen LogP contribution in [0.25, 0.3) is 11.0 Å². The van der Waals surface area contributed by atoms with E-state index in [1.165, 1.54) is 0 Å². The molecule has 21 heavy (non-hydrogen) atoms. The van der Waals surface area contributed by atoms with Crippen LogP contribution in [0.1, 0.15) is 39.2 Å². The van der Waals surface area contributed by atoms with Crippen LogP contribution < -0.4 is 11.1 Å². The molecule has 0 saturated heterocycles. The molecule has 1 aromatic carbocycles. The maximum atomic E-state index is 12.3. The van der Waals surface area contributed by atoms with Gasteiger partial charge in [0, 0.05) is 6.54 Å². The topological polar surface area (TPSA) is 72.9 Å². The third-order valence-electron chi connectivity index (χ3n) is 3.73. The largest absolute Gasteiger partial charge is 0.318 e. The Labute approximate surface area is 125 Å². The SMILES string of the molecule is CCCC(C)(N)C(=O)Nc1nc2cc(C)ccc2n1CC. The number of carbonyl (C=O) groups is 1. The van der Waals surface area contributed by atoms with Gasteiger partial charge in [0.1, 0.15) is 0 Å². The van der Waals surface area contributed by atoms with E-state index in [0.717, 1.165) is 29.6 Å². The fourth-order valence-corrected chi connectivity index (χ4v) is 2.53. The van der Waals surface area contributed by atoms with E-state index in [2.05, 4.69) is 10.3 Å². The van der Waals surface area contributed by atoms with E-state index < -0.39 is 5.54 Å². The predicted molar refractivity (Wildman–Crippen MR) is 86.3 cm³/mol. The predicted octanol–water partition coefficient (Wildman–Crippen LogP) is 2.82. The zero-order valence-electron chi connectivity index (χ0n) is 13.2. The molecule has 0 saturated carbocycles. The van der Waals surface area contributed by atoms with Gasteiger partial charge in [-0.05, 0) is 44.9 Å². The Kier molecular flexibility index (Phi) is 4.32. The van der Waals surface area contributed by atoms with Crippen molar-refractivity contribution in [3.8, 4) is 0 Å². The second-order valence-corrected chi connectivity index (χ2v) is 5.79. The van der Waals surface area contributed by atoms with Gasteiger partial charge >= 0.3 is 0 Å². The third-order valence-corrected chi connectivity index (χ3v) is 3.73. The van der Waals surface area contributed by atoms with Crippen LogP contribution in [0.4, 0.5) is 5.95 Å². The summed E-state index contributed by atoms with van der Waals surface area (Å²) in [5, 5.41) is 2.88. The van der Waals surface area contributed by atoms with E-state index in [1.54, 1.807) is 6.92 Å². The monoisotopic (exact) mass is 288 g/mol. The average Bonchev–Trinajstić information content (AvgIpc) is 2.74. The highest BCUT2D eigenvalue weighted by Crippen LogP contribution is 2.22. The molecule has 0 fully saturated rings. The first-order chi connectivity index (χ1) is 9.89. The van der Waals surface area contributed by atoms with Crippen LogP contribution in [0.15, 0.2) is 18.2 Å². The molecular formula is C16H24N4O. The van der Waals surface area contributed by atoms with Gasteiger partial charge in [0.2, 0.25) is 11.9 Å². The second kappa shape index (κ2) is 5.85. The molecule has 1 unspecified atom stereocenters. The zero-order valence-corrected chi connectivity index (χ0v) is 13.2. The molecule has 5 heteroatoms. The first-order valence-corrected chi connectivity index (χ1v) is 7.46. The Hall–Kier alpha value is -1.88. The van der Waals surface area contributed by atoms with Gasteiger partial charge in [-0.15, -0.1) is 0 Å². The number of nitrogens with one attached hydrogen (secondary N) is 1. The van der Waals surface area contributed by atoms with Gasteiger partial charge in [0.05, 0.1) is 16.6 Å². The molecule has 2 rings (SSSR count). The van der Waals surface area contributed by atoms with Crippen LogP contribution >= 0.6 is 0 Å². The van der Waals surface area contributed by atoms with Gasteiger partial charge < -0.3 is 10.3 Å². The van der Waals surface area contributed by atoms with Crippen molar-refractivity contribution in [2.45, 2.75) is 52.6 Å². The van der Waals surface area contributed by atoms with Crippen LogP contribution in [0.2, 0.25) is 0 Å². The van der Waals surface area contributed by atoms with Crippen molar-refractivity contribution >= 4 is 22.9 Å². The Morgan fingerprint density at radius 3 is 2.76 bits per heavy atom. The van der Waals surface area contributed by atoms with Crippen molar-refractivity contribution in [3.63, 3.8) is 0 Å². The van der Waals surface area contributed by atoms with Crippen molar-refractivity contribution in [2.75, 3.05) is 5.32 Å². The average molecular weight is 288 g/mol. The highest BCUT2D eigenvalue weighted by atomic mass is 16.2. The van der Waals surface area contributed by atoms with Gasteiger partial charge in [-0.25, -0.2) is 4.98 Å². The Bertz CT molecular complexity index is 658. The van der Waals surface area contributed by atoms with Crippen LogP contribution in [0, 0.1) is 6.92 Å². The van der Waals surface area contributed by atoms with E-state index in [1.807, 2.05) is 43.5 Å². The minimum absolute atomic E-state index is 0.189. The first-order valence-electron chi connectivity index (χ1n) is 7.46. The normalized spacial score (nSPS) is 14.1. The molecule has 0 spiro atoms. The van der Waals surface area contributed by atoms with Gasteiger partial charge in [-0.3, -0.25) is 10.1 Å². The zero-order chi connectivity index (χ0) is 15.6. The van der Waals surface area contributed by atoms with Crippen LogP contribution in [-0.2, 0) is 11.3 Å². The summed E-state index contributed by atoms with van der Waals surface area (Å²) in [5.41, 5.74) is 8.27. The lowest BCUT2D eigenvalue weighted by molar-refractivity contribution is -0.120. The van der Waals surface area contributed by atoms with Crippen LogP contribution in [0.5, 0.6) is 0 Å². The molecule has 114 valence electrons. The highest BCUT2D eigenvalue weighted by molar-refractivity contribution is 5.97. The van der Waals surface area contributed by atoms with E-state index in [-0.39, 0.29) is 5.91 Å². The Morgan fingerprint density at radius 2 is 2.14 bits per heavy atom. The highest BCUT2D eigenvalue weighted by Gasteiger charge is 2.28. The molecule has 1 atom stereocenters. The molecule has 1 heterocycles. The molecule has 2 aromatic rings. The smallest absolute Gasteiger partial charge is 0.246 e. The molecule has 0 bridgehead atoms.